The van der Waals surface area contributed by atoms with E-state index in [1.54, 1.807) is 0 Å². The van der Waals surface area contributed by atoms with Gasteiger partial charge >= 0.3 is 0 Å². The Morgan fingerprint density at radius 1 is 1.05 bits per heavy atom. The summed E-state index contributed by atoms with van der Waals surface area (Å²) in [5, 5.41) is 17.7. The van der Waals surface area contributed by atoms with E-state index in [-0.39, 0.29) is 13.2 Å². The van der Waals surface area contributed by atoms with Gasteiger partial charge in [-0.15, -0.1) is 0 Å². The average Bonchev–Trinajstić information content (AvgIpc) is 2.44. The molecule has 108 valence electrons. The zero-order valence-electron chi connectivity index (χ0n) is 11.4. The van der Waals surface area contributed by atoms with Gasteiger partial charge in [-0.3, -0.25) is 4.57 Å². The molecule has 0 amide bonds. The van der Waals surface area contributed by atoms with E-state index in [2.05, 4.69) is 6.92 Å². The second-order valence-corrected chi connectivity index (χ2v) is 7.21. The Morgan fingerprint density at radius 2 is 1.58 bits per heavy atom. The van der Waals surface area contributed by atoms with Gasteiger partial charge in [0.15, 0.2) is 0 Å². The van der Waals surface area contributed by atoms with E-state index in [9.17, 15) is 4.57 Å². The molecule has 0 aromatic heterocycles. The molecule has 1 aromatic rings. The Hall–Kier alpha value is -0.830. The molecule has 2 N–H and O–H groups in total. The van der Waals surface area contributed by atoms with E-state index in [1.807, 2.05) is 24.3 Å². The molecule has 0 spiro atoms. The molecule has 0 atom stereocenters. The lowest BCUT2D eigenvalue weighted by Crippen LogP contribution is -2.05. The van der Waals surface area contributed by atoms with Crippen molar-refractivity contribution in [1.82, 2.24) is 0 Å². The third-order valence-electron chi connectivity index (χ3n) is 2.92. The molecule has 0 fully saturated rings. The number of hydrogen-bond donors (Lipinski definition) is 2. The Kier molecular flexibility index (Phi) is 7.14. The highest BCUT2D eigenvalue weighted by molar-refractivity contribution is 7.59. The molecule has 0 aliphatic heterocycles. The first kappa shape index (κ1) is 16.2. The molecule has 0 heterocycles. The predicted octanol–water partition coefficient (Wildman–Crippen LogP) is 2.67. The second kappa shape index (κ2) is 8.36. The molecule has 0 unspecified atom stereocenters. The van der Waals surface area contributed by atoms with Crippen molar-refractivity contribution in [2.45, 2.75) is 26.2 Å². The van der Waals surface area contributed by atoms with Gasteiger partial charge in [-0.2, -0.15) is 0 Å². The lowest BCUT2D eigenvalue weighted by Gasteiger charge is -2.19. The van der Waals surface area contributed by atoms with Gasteiger partial charge in [0.25, 0.3) is 0 Å². The van der Waals surface area contributed by atoms with E-state index in [0.29, 0.717) is 30.9 Å². The molecular weight excluding hydrogens is 263 g/mol. The van der Waals surface area contributed by atoms with Gasteiger partial charge in [0, 0.05) is 25.5 Å². The summed E-state index contributed by atoms with van der Waals surface area (Å²) in [5.41, 5.74) is 1.20. The van der Waals surface area contributed by atoms with Gasteiger partial charge in [0.05, 0.1) is 0 Å². The fourth-order valence-electron chi connectivity index (χ4n) is 1.80. The molecule has 0 saturated carbocycles. The topological polar surface area (TPSA) is 66.8 Å². The zero-order valence-corrected chi connectivity index (χ0v) is 12.3. The summed E-state index contributed by atoms with van der Waals surface area (Å²) in [6, 6.07) is 7.56. The van der Waals surface area contributed by atoms with Crippen molar-refractivity contribution in [2.24, 2.45) is 0 Å². The highest BCUT2D eigenvalue weighted by atomic mass is 31.2. The first-order chi connectivity index (χ1) is 9.13. The van der Waals surface area contributed by atoms with Crippen molar-refractivity contribution < 1.29 is 19.3 Å². The quantitative estimate of drug-likeness (QED) is 0.685. The van der Waals surface area contributed by atoms with E-state index in [4.69, 9.17) is 14.7 Å². The lowest BCUT2D eigenvalue weighted by atomic mass is 10.2. The summed E-state index contributed by atoms with van der Waals surface area (Å²) in [5.74, 6) is 0.594. The molecule has 19 heavy (non-hydrogen) atoms. The molecule has 0 aliphatic carbocycles. The molecule has 1 aromatic carbocycles. The molecule has 0 radical (unpaired) electrons. The third kappa shape index (κ3) is 5.77. The third-order valence-corrected chi connectivity index (χ3v) is 5.46. The number of benzene rings is 1. The van der Waals surface area contributed by atoms with E-state index >= 15 is 0 Å². The van der Waals surface area contributed by atoms with Gasteiger partial charge in [-0.1, -0.05) is 19.1 Å². The first-order valence-electron chi connectivity index (χ1n) is 6.72. The number of aliphatic hydroxyl groups is 2. The Morgan fingerprint density at radius 3 is 2.00 bits per heavy atom. The molecule has 4 nitrogen and oxygen atoms in total. The Bertz CT molecular complexity index is 390. The Balaban J connectivity index is 2.71. The molecule has 0 saturated heterocycles. The minimum atomic E-state index is -2.82. The van der Waals surface area contributed by atoms with Gasteiger partial charge in [-0.05, 0) is 37.0 Å². The summed E-state index contributed by atoms with van der Waals surface area (Å²) in [4.78, 5) is 0. The molecule has 0 bridgehead atoms. The molecular formula is C14H23O4P. The van der Waals surface area contributed by atoms with Crippen LogP contribution < -0.4 is 4.52 Å². The van der Waals surface area contributed by atoms with Crippen molar-refractivity contribution in [3.63, 3.8) is 0 Å². The first-order valence-corrected chi connectivity index (χ1v) is 8.71. The maximum Gasteiger partial charge on any atom is 0.248 e. The van der Waals surface area contributed by atoms with Gasteiger partial charge in [-0.25, -0.2) is 0 Å². The van der Waals surface area contributed by atoms with Crippen LogP contribution in [0.15, 0.2) is 24.3 Å². The van der Waals surface area contributed by atoms with Crippen LogP contribution in [0.1, 0.15) is 25.3 Å². The zero-order chi connectivity index (χ0) is 14.1. The van der Waals surface area contributed by atoms with Crippen molar-refractivity contribution in [3.8, 4) is 5.75 Å². The minimum Gasteiger partial charge on any atom is -0.443 e. The average molecular weight is 286 g/mol. The van der Waals surface area contributed by atoms with Gasteiger partial charge in [0.1, 0.15) is 5.75 Å². The summed E-state index contributed by atoms with van der Waals surface area (Å²) < 4.78 is 18.2. The smallest absolute Gasteiger partial charge is 0.248 e. The SMILES string of the molecule is CCc1ccc(OP(=O)(CCCO)CCCO)cc1. The number of rotatable bonds is 9. The molecule has 1 rings (SSSR count). The standard InChI is InChI=1S/C14H23O4P/c1-2-13-5-7-14(8-6-13)18-19(17,11-3-9-15)12-4-10-16/h5-8,15-16H,2-4,9-12H2,1H3. The summed E-state index contributed by atoms with van der Waals surface area (Å²) in [6.07, 6.45) is 2.55. The van der Waals surface area contributed by atoms with Crippen LogP contribution in [-0.2, 0) is 11.0 Å². The highest BCUT2D eigenvalue weighted by Gasteiger charge is 2.23. The van der Waals surface area contributed by atoms with Crippen LogP contribution in [0.3, 0.4) is 0 Å². The lowest BCUT2D eigenvalue weighted by molar-refractivity contribution is 0.290. The minimum absolute atomic E-state index is 0.00124. The molecule has 5 heteroatoms. The molecule has 0 aliphatic rings. The van der Waals surface area contributed by atoms with Crippen molar-refractivity contribution in [3.05, 3.63) is 29.8 Å². The van der Waals surface area contributed by atoms with Crippen LogP contribution >= 0.6 is 7.37 Å². The largest absolute Gasteiger partial charge is 0.443 e. The van der Waals surface area contributed by atoms with Crippen LogP contribution in [0.25, 0.3) is 0 Å². The fraction of sp³-hybridized carbons (Fsp3) is 0.571. The van der Waals surface area contributed by atoms with E-state index < -0.39 is 7.37 Å². The van der Waals surface area contributed by atoms with E-state index in [1.165, 1.54) is 5.56 Å². The number of hydrogen-bond acceptors (Lipinski definition) is 4. The maximum absolute atomic E-state index is 12.6. The van der Waals surface area contributed by atoms with Crippen molar-refractivity contribution in [1.29, 1.82) is 0 Å². The van der Waals surface area contributed by atoms with Crippen LogP contribution in [-0.4, -0.2) is 35.8 Å². The maximum atomic E-state index is 12.6. The Labute approximate surface area is 114 Å². The number of aryl methyl sites for hydroxylation is 1. The normalized spacial score (nSPS) is 11.5. The predicted molar refractivity (Wildman–Crippen MR) is 77.2 cm³/mol. The van der Waals surface area contributed by atoms with Crippen LogP contribution in [0.4, 0.5) is 0 Å². The summed E-state index contributed by atoms with van der Waals surface area (Å²) in [7, 11) is -2.82. The second-order valence-electron chi connectivity index (χ2n) is 4.50. The van der Waals surface area contributed by atoms with Gasteiger partial charge in [0.2, 0.25) is 7.37 Å². The summed E-state index contributed by atoms with van der Waals surface area (Å²) >= 11 is 0. The monoisotopic (exact) mass is 286 g/mol. The van der Waals surface area contributed by atoms with Crippen LogP contribution in [0, 0.1) is 0 Å². The van der Waals surface area contributed by atoms with Crippen molar-refractivity contribution >= 4 is 7.37 Å². The van der Waals surface area contributed by atoms with Crippen LogP contribution in [0.2, 0.25) is 0 Å². The van der Waals surface area contributed by atoms with Gasteiger partial charge < -0.3 is 14.7 Å². The van der Waals surface area contributed by atoms with Crippen LogP contribution in [0.5, 0.6) is 5.75 Å². The van der Waals surface area contributed by atoms with Crippen molar-refractivity contribution in [2.75, 3.05) is 25.5 Å². The summed E-state index contributed by atoms with van der Waals surface area (Å²) in [6.45, 7) is 2.08. The van der Waals surface area contributed by atoms with E-state index in [0.717, 1.165) is 6.42 Å². The number of aliphatic hydroxyl groups excluding tert-OH is 2. The highest BCUT2D eigenvalue weighted by Crippen LogP contribution is 2.48. The fourth-order valence-corrected chi connectivity index (χ4v) is 3.96.